The second-order valence-electron chi connectivity index (χ2n) is 8.47. The molecule has 4 rings (SSSR count). The van der Waals surface area contributed by atoms with E-state index in [1.165, 1.54) is 0 Å². The smallest absolute Gasteiger partial charge is 0.251 e. The maximum absolute atomic E-state index is 12.6. The van der Waals surface area contributed by atoms with Crippen LogP contribution in [0.25, 0.3) is 11.0 Å². The van der Waals surface area contributed by atoms with Crippen molar-refractivity contribution in [2.45, 2.75) is 19.4 Å². The van der Waals surface area contributed by atoms with Crippen molar-refractivity contribution in [2.75, 3.05) is 39.8 Å². The maximum Gasteiger partial charge on any atom is 0.251 e. The van der Waals surface area contributed by atoms with Crippen molar-refractivity contribution in [3.63, 3.8) is 0 Å². The molecule has 9 heteroatoms. The highest BCUT2D eigenvalue weighted by Gasteiger charge is 2.31. The number of fused-ring (bicyclic) bond motifs is 1. The van der Waals surface area contributed by atoms with E-state index in [0.717, 1.165) is 22.4 Å². The summed E-state index contributed by atoms with van der Waals surface area (Å²) in [7, 11) is 1.59. The highest BCUT2D eigenvalue weighted by Crippen LogP contribution is 2.26. The minimum absolute atomic E-state index is 0.0229. The van der Waals surface area contributed by atoms with Gasteiger partial charge < -0.3 is 20.5 Å². The lowest BCUT2D eigenvalue weighted by molar-refractivity contribution is -0.134. The molecule has 0 aliphatic carbocycles. The number of rotatable bonds is 7. The number of H-pyrrole nitrogens is 1. The van der Waals surface area contributed by atoms with E-state index in [9.17, 15) is 14.4 Å². The van der Waals surface area contributed by atoms with E-state index in [-0.39, 0.29) is 30.3 Å². The molecule has 0 saturated carbocycles. The number of hydrogen-bond acceptors (Lipinski definition) is 5. The molecule has 9 nitrogen and oxygen atoms in total. The highest BCUT2D eigenvalue weighted by molar-refractivity contribution is 5.94. The van der Waals surface area contributed by atoms with Gasteiger partial charge in [0.1, 0.15) is 5.82 Å². The number of benzene rings is 2. The molecule has 1 aromatic heterocycles. The standard InChI is InChI=1S/C25H30N6O3/c1-17(32)31-13-12-30(15-22(31)18-6-5-7-19(14-18)25(34)26-2)16-24(33)27-11-10-23-28-20-8-3-4-9-21(20)29-23/h3-9,14,22H,10-13,15-16H2,1-2H3,(H,26,34)(H,27,33)(H,28,29). The quantitative estimate of drug-likeness (QED) is 0.493. The third kappa shape index (κ3) is 5.43. The van der Waals surface area contributed by atoms with Crippen LogP contribution in [0.4, 0.5) is 0 Å². The van der Waals surface area contributed by atoms with Gasteiger partial charge in [0, 0.05) is 52.1 Å². The first kappa shape index (κ1) is 23.4. The third-order valence-electron chi connectivity index (χ3n) is 6.12. The molecule has 1 unspecified atom stereocenters. The van der Waals surface area contributed by atoms with Crippen LogP contribution in [0.2, 0.25) is 0 Å². The number of aromatic nitrogens is 2. The van der Waals surface area contributed by atoms with Crippen molar-refractivity contribution in [3.05, 3.63) is 65.5 Å². The van der Waals surface area contributed by atoms with Crippen LogP contribution in [-0.2, 0) is 16.0 Å². The molecule has 1 aliphatic rings. The number of hydrogen-bond donors (Lipinski definition) is 3. The van der Waals surface area contributed by atoms with Crippen molar-refractivity contribution in [2.24, 2.45) is 0 Å². The monoisotopic (exact) mass is 462 g/mol. The number of amides is 3. The summed E-state index contributed by atoms with van der Waals surface area (Å²) in [5, 5.41) is 5.60. The van der Waals surface area contributed by atoms with E-state index in [4.69, 9.17) is 0 Å². The summed E-state index contributed by atoms with van der Waals surface area (Å²) < 4.78 is 0. The Kier molecular flexibility index (Phi) is 7.22. The van der Waals surface area contributed by atoms with Gasteiger partial charge in [0.25, 0.3) is 5.91 Å². The van der Waals surface area contributed by atoms with Gasteiger partial charge in [-0.2, -0.15) is 0 Å². The number of carbonyl (C=O) groups excluding carboxylic acids is 3. The SMILES string of the molecule is CNC(=O)c1cccc(C2CN(CC(=O)NCCc3nc4ccccc4[nH]3)CCN2C(C)=O)c1. The van der Waals surface area contributed by atoms with E-state index in [1.807, 2.05) is 47.4 Å². The van der Waals surface area contributed by atoms with E-state index in [2.05, 4.69) is 20.6 Å². The van der Waals surface area contributed by atoms with Crippen LogP contribution in [-0.4, -0.2) is 77.3 Å². The molecule has 2 heterocycles. The first-order valence-electron chi connectivity index (χ1n) is 11.5. The van der Waals surface area contributed by atoms with Gasteiger partial charge in [-0.1, -0.05) is 24.3 Å². The topological polar surface area (TPSA) is 110 Å². The van der Waals surface area contributed by atoms with Crippen molar-refractivity contribution < 1.29 is 14.4 Å². The van der Waals surface area contributed by atoms with Crippen molar-refractivity contribution in [1.82, 2.24) is 30.4 Å². The zero-order valence-corrected chi connectivity index (χ0v) is 19.5. The first-order chi connectivity index (χ1) is 16.4. The van der Waals surface area contributed by atoms with E-state index in [1.54, 1.807) is 24.9 Å². The fourth-order valence-electron chi connectivity index (χ4n) is 4.38. The lowest BCUT2D eigenvalue weighted by Gasteiger charge is -2.41. The summed E-state index contributed by atoms with van der Waals surface area (Å²) in [6, 6.07) is 14.9. The van der Waals surface area contributed by atoms with E-state index >= 15 is 0 Å². The van der Waals surface area contributed by atoms with Gasteiger partial charge in [0.05, 0.1) is 23.6 Å². The average molecular weight is 463 g/mol. The van der Waals surface area contributed by atoms with E-state index in [0.29, 0.717) is 38.2 Å². The van der Waals surface area contributed by atoms with Gasteiger partial charge in [-0.25, -0.2) is 4.98 Å². The van der Waals surface area contributed by atoms with Crippen LogP contribution in [0.1, 0.15) is 34.7 Å². The predicted molar refractivity (Wildman–Crippen MR) is 129 cm³/mol. The molecular formula is C25H30N6O3. The molecule has 3 amide bonds. The molecule has 0 spiro atoms. The van der Waals surface area contributed by atoms with Crippen LogP contribution in [0.3, 0.4) is 0 Å². The molecule has 34 heavy (non-hydrogen) atoms. The predicted octanol–water partition coefficient (Wildman–Crippen LogP) is 1.49. The zero-order valence-electron chi connectivity index (χ0n) is 19.5. The Bertz CT molecular complexity index is 1160. The number of aromatic amines is 1. The summed E-state index contributed by atoms with van der Waals surface area (Å²) in [4.78, 5) is 48.6. The summed E-state index contributed by atoms with van der Waals surface area (Å²) >= 11 is 0. The van der Waals surface area contributed by atoms with Gasteiger partial charge in [-0.05, 0) is 29.8 Å². The molecule has 178 valence electrons. The number of carbonyl (C=O) groups is 3. The number of imidazole rings is 1. The second kappa shape index (κ2) is 10.5. The lowest BCUT2D eigenvalue weighted by atomic mass is 9.99. The van der Waals surface area contributed by atoms with Crippen LogP contribution in [0.5, 0.6) is 0 Å². The number of nitrogens with zero attached hydrogens (tertiary/aromatic N) is 3. The summed E-state index contributed by atoms with van der Waals surface area (Å²) in [6.07, 6.45) is 0.618. The summed E-state index contributed by atoms with van der Waals surface area (Å²) in [6.45, 7) is 3.95. The lowest BCUT2D eigenvalue weighted by Crippen LogP contribution is -2.52. The fourth-order valence-corrected chi connectivity index (χ4v) is 4.38. The third-order valence-corrected chi connectivity index (χ3v) is 6.12. The van der Waals surface area contributed by atoms with Crippen molar-refractivity contribution in [1.29, 1.82) is 0 Å². The van der Waals surface area contributed by atoms with Gasteiger partial charge >= 0.3 is 0 Å². The van der Waals surface area contributed by atoms with E-state index < -0.39 is 0 Å². The molecule has 1 fully saturated rings. The summed E-state index contributed by atoms with van der Waals surface area (Å²) in [5.74, 6) is 0.580. The molecule has 1 atom stereocenters. The Balaban J connectivity index is 1.35. The number of para-hydroxylation sites is 2. The van der Waals surface area contributed by atoms with Crippen molar-refractivity contribution in [3.8, 4) is 0 Å². The molecule has 1 aliphatic heterocycles. The van der Waals surface area contributed by atoms with Gasteiger partial charge in [0.15, 0.2) is 0 Å². The molecule has 0 radical (unpaired) electrons. The first-order valence-corrected chi connectivity index (χ1v) is 11.5. The maximum atomic E-state index is 12.6. The summed E-state index contributed by atoms with van der Waals surface area (Å²) in [5.41, 5.74) is 3.33. The Morgan fingerprint density at radius 2 is 1.94 bits per heavy atom. The normalized spacial score (nSPS) is 16.4. The Hall–Kier alpha value is -3.72. The Labute approximate surface area is 198 Å². The van der Waals surface area contributed by atoms with Crippen LogP contribution >= 0.6 is 0 Å². The highest BCUT2D eigenvalue weighted by atomic mass is 16.2. The van der Waals surface area contributed by atoms with Gasteiger partial charge in [-0.3, -0.25) is 19.3 Å². The Morgan fingerprint density at radius 1 is 1.12 bits per heavy atom. The minimum Gasteiger partial charge on any atom is -0.355 e. The number of nitrogens with one attached hydrogen (secondary N) is 3. The largest absolute Gasteiger partial charge is 0.355 e. The van der Waals surface area contributed by atoms with Crippen LogP contribution in [0, 0.1) is 0 Å². The molecule has 3 aromatic rings. The zero-order chi connectivity index (χ0) is 24.1. The van der Waals surface area contributed by atoms with Gasteiger partial charge in [0.2, 0.25) is 11.8 Å². The molecule has 0 bridgehead atoms. The molecule has 1 saturated heterocycles. The van der Waals surface area contributed by atoms with Crippen LogP contribution in [0.15, 0.2) is 48.5 Å². The van der Waals surface area contributed by atoms with Crippen LogP contribution < -0.4 is 10.6 Å². The average Bonchev–Trinajstić information content (AvgIpc) is 3.26. The molecular weight excluding hydrogens is 432 g/mol. The fraction of sp³-hybridized carbons (Fsp3) is 0.360. The van der Waals surface area contributed by atoms with Gasteiger partial charge in [-0.15, -0.1) is 0 Å². The Morgan fingerprint density at radius 3 is 2.71 bits per heavy atom. The second-order valence-corrected chi connectivity index (χ2v) is 8.47. The molecule has 2 aromatic carbocycles. The molecule has 3 N–H and O–H groups in total. The number of piperazine rings is 1. The van der Waals surface area contributed by atoms with Crippen molar-refractivity contribution >= 4 is 28.8 Å². The minimum atomic E-state index is -0.223.